The van der Waals surface area contributed by atoms with Crippen LogP contribution in [0.1, 0.15) is 6.42 Å². The van der Waals surface area contributed by atoms with E-state index in [2.05, 4.69) is 10.6 Å². The van der Waals surface area contributed by atoms with Crippen molar-refractivity contribution in [2.45, 2.75) is 6.42 Å². The molecule has 0 aromatic rings. The molecule has 0 heterocycles. The largest absolute Gasteiger partial charge is 0.330 e. The van der Waals surface area contributed by atoms with Gasteiger partial charge in [-0.3, -0.25) is 0 Å². The molecule has 62 valence electrons. The Morgan fingerprint density at radius 1 is 0.900 bits per heavy atom. The van der Waals surface area contributed by atoms with Crippen molar-refractivity contribution in [1.29, 1.82) is 0 Å². The van der Waals surface area contributed by atoms with Gasteiger partial charge < -0.3 is 22.1 Å². The first kappa shape index (κ1) is 9.84. The van der Waals surface area contributed by atoms with Gasteiger partial charge in [0.05, 0.1) is 0 Å². The van der Waals surface area contributed by atoms with Crippen LogP contribution in [0.4, 0.5) is 0 Å². The summed E-state index contributed by atoms with van der Waals surface area (Å²) in [6.45, 7) is 4.22. The van der Waals surface area contributed by atoms with Crippen LogP contribution in [0, 0.1) is 0 Å². The van der Waals surface area contributed by atoms with Crippen molar-refractivity contribution in [2.24, 2.45) is 11.5 Å². The van der Waals surface area contributed by atoms with E-state index in [1.807, 2.05) is 0 Å². The molecule has 0 aromatic carbocycles. The molecule has 0 aromatic heterocycles. The molecule has 4 heteroatoms. The van der Waals surface area contributed by atoms with Gasteiger partial charge in [0.2, 0.25) is 0 Å². The fourth-order valence-corrected chi connectivity index (χ4v) is 0.631. The minimum Gasteiger partial charge on any atom is -0.330 e. The Bertz CT molecular complexity index is 49.7. The van der Waals surface area contributed by atoms with Gasteiger partial charge >= 0.3 is 0 Å². The Morgan fingerprint density at radius 3 is 2.20 bits per heavy atom. The highest BCUT2D eigenvalue weighted by Gasteiger charge is 1.84. The third-order valence-electron chi connectivity index (χ3n) is 1.18. The predicted octanol–water partition coefficient (Wildman–Crippen LogP) is -1.57. The minimum absolute atomic E-state index is 0.554. The zero-order valence-electron chi connectivity index (χ0n) is 6.40. The summed E-state index contributed by atoms with van der Waals surface area (Å²) in [7, 11) is 0. The Labute approximate surface area is 62.3 Å². The summed E-state index contributed by atoms with van der Waals surface area (Å²) in [6, 6.07) is 0. The summed E-state index contributed by atoms with van der Waals surface area (Å²) in [4.78, 5) is 0. The molecule has 0 aliphatic carbocycles. The number of hydrogen-bond donors (Lipinski definition) is 4. The van der Waals surface area contributed by atoms with Crippen LogP contribution in [0.25, 0.3) is 0 Å². The average molecular weight is 146 g/mol. The van der Waals surface area contributed by atoms with Gasteiger partial charge in [-0.2, -0.15) is 0 Å². The molecule has 0 bridgehead atoms. The summed E-state index contributed by atoms with van der Waals surface area (Å²) in [5.41, 5.74) is 10.5. The van der Waals surface area contributed by atoms with E-state index in [9.17, 15) is 0 Å². The lowest BCUT2D eigenvalue weighted by atomic mass is 10.4. The molecule has 0 aliphatic rings. The predicted molar refractivity (Wildman–Crippen MR) is 43.6 cm³/mol. The van der Waals surface area contributed by atoms with Crippen LogP contribution in [0.5, 0.6) is 0 Å². The van der Waals surface area contributed by atoms with Crippen molar-refractivity contribution in [3.8, 4) is 0 Å². The number of nitrogens with one attached hydrogen (secondary N) is 2. The smallest absolute Gasteiger partial charge is 0.0429 e. The average Bonchev–Trinajstić information content (AvgIpc) is 1.97. The third-order valence-corrected chi connectivity index (χ3v) is 1.18. The standard InChI is InChI=1S/C6H18N4/c7-2-1-3-9-4-5-10-6-8/h9-10H,1-8H2. The lowest BCUT2D eigenvalue weighted by Crippen LogP contribution is -2.31. The second kappa shape index (κ2) is 8.84. The molecule has 0 radical (unpaired) electrons. The van der Waals surface area contributed by atoms with Crippen molar-refractivity contribution in [3.63, 3.8) is 0 Å². The van der Waals surface area contributed by atoms with E-state index >= 15 is 0 Å². The number of hydrogen-bond acceptors (Lipinski definition) is 4. The molecular weight excluding hydrogens is 128 g/mol. The Kier molecular flexibility index (Phi) is 8.70. The summed E-state index contributed by atoms with van der Waals surface area (Å²) >= 11 is 0. The van der Waals surface area contributed by atoms with Crippen LogP contribution in [0.3, 0.4) is 0 Å². The molecule has 0 aliphatic heterocycles. The molecular formula is C6H18N4. The Balaban J connectivity index is 2.65. The molecule has 0 fully saturated rings. The second-order valence-electron chi connectivity index (χ2n) is 2.10. The first-order chi connectivity index (χ1) is 4.91. The molecule has 0 saturated heterocycles. The van der Waals surface area contributed by atoms with Crippen LogP contribution in [0.15, 0.2) is 0 Å². The lowest BCUT2D eigenvalue weighted by Gasteiger charge is -2.02. The normalized spacial score (nSPS) is 10.2. The summed E-state index contributed by atoms with van der Waals surface area (Å²) in [5, 5.41) is 6.23. The van der Waals surface area contributed by atoms with E-state index in [-0.39, 0.29) is 0 Å². The Morgan fingerprint density at radius 2 is 1.60 bits per heavy atom. The molecule has 0 saturated carbocycles. The number of nitrogens with two attached hydrogens (primary N) is 2. The molecule has 6 N–H and O–H groups in total. The van der Waals surface area contributed by atoms with Crippen molar-refractivity contribution in [2.75, 3.05) is 32.8 Å². The minimum atomic E-state index is 0.554. The quantitative estimate of drug-likeness (QED) is 0.258. The maximum atomic E-state index is 5.29. The number of rotatable bonds is 7. The SMILES string of the molecule is NCCCNCCNCN. The van der Waals surface area contributed by atoms with Gasteiger partial charge in [-0.1, -0.05) is 0 Å². The lowest BCUT2D eigenvalue weighted by molar-refractivity contribution is 0.605. The summed E-state index contributed by atoms with van der Waals surface area (Å²) in [6.07, 6.45) is 1.04. The van der Waals surface area contributed by atoms with Gasteiger partial charge in [0, 0.05) is 19.8 Å². The summed E-state index contributed by atoms with van der Waals surface area (Å²) in [5.74, 6) is 0. The van der Waals surface area contributed by atoms with Gasteiger partial charge in [0.15, 0.2) is 0 Å². The first-order valence-corrected chi connectivity index (χ1v) is 3.73. The molecule has 0 unspecified atom stereocenters. The van der Waals surface area contributed by atoms with Crippen LogP contribution in [0.2, 0.25) is 0 Å². The van der Waals surface area contributed by atoms with E-state index in [0.717, 1.165) is 32.6 Å². The van der Waals surface area contributed by atoms with Crippen LogP contribution < -0.4 is 22.1 Å². The molecule has 10 heavy (non-hydrogen) atoms. The topological polar surface area (TPSA) is 76.1 Å². The Hall–Kier alpha value is -0.160. The van der Waals surface area contributed by atoms with Gasteiger partial charge in [-0.05, 0) is 19.5 Å². The van der Waals surface area contributed by atoms with E-state index in [1.165, 1.54) is 0 Å². The maximum absolute atomic E-state index is 5.29. The fourth-order valence-electron chi connectivity index (χ4n) is 0.631. The zero-order valence-corrected chi connectivity index (χ0v) is 6.40. The molecule has 0 spiro atoms. The molecule has 0 rings (SSSR count). The first-order valence-electron chi connectivity index (χ1n) is 3.73. The van der Waals surface area contributed by atoms with Crippen LogP contribution in [-0.4, -0.2) is 32.8 Å². The van der Waals surface area contributed by atoms with Crippen LogP contribution >= 0.6 is 0 Å². The van der Waals surface area contributed by atoms with Crippen molar-refractivity contribution >= 4 is 0 Å². The summed E-state index contributed by atoms with van der Waals surface area (Å²) < 4.78 is 0. The van der Waals surface area contributed by atoms with Crippen molar-refractivity contribution in [3.05, 3.63) is 0 Å². The van der Waals surface area contributed by atoms with E-state index in [4.69, 9.17) is 11.5 Å². The molecule has 0 amide bonds. The van der Waals surface area contributed by atoms with Gasteiger partial charge in [-0.15, -0.1) is 0 Å². The van der Waals surface area contributed by atoms with E-state index in [1.54, 1.807) is 0 Å². The highest BCUT2D eigenvalue weighted by Crippen LogP contribution is 1.67. The van der Waals surface area contributed by atoms with Crippen LogP contribution in [-0.2, 0) is 0 Å². The third kappa shape index (κ3) is 7.84. The van der Waals surface area contributed by atoms with Gasteiger partial charge in [0.1, 0.15) is 0 Å². The van der Waals surface area contributed by atoms with Gasteiger partial charge in [-0.25, -0.2) is 0 Å². The zero-order chi connectivity index (χ0) is 7.66. The van der Waals surface area contributed by atoms with E-state index < -0.39 is 0 Å². The fraction of sp³-hybridized carbons (Fsp3) is 1.00. The highest BCUT2D eigenvalue weighted by molar-refractivity contribution is 4.50. The van der Waals surface area contributed by atoms with Crippen molar-refractivity contribution in [1.82, 2.24) is 10.6 Å². The second-order valence-corrected chi connectivity index (χ2v) is 2.10. The molecule has 4 nitrogen and oxygen atoms in total. The van der Waals surface area contributed by atoms with Gasteiger partial charge in [0.25, 0.3) is 0 Å². The maximum Gasteiger partial charge on any atom is 0.0429 e. The van der Waals surface area contributed by atoms with E-state index in [0.29, 0.717) is 6.67 Å². The molecule has 0 atom stereocenters. The highest BCUT2D eigenvalue weighted by atomic mass is 15.0. The van der Waals surface area contributed by atoms with Crippen molar-refractivity contribution < 1.29 is 0 Å². The monoisotopic (exact) mass is 146 g/mol.